The van der Waals surface area contributed by atoms with Gasteiger partial charge in [0, 0.05) is 16.7 Å². The van der Waals surface area contributed by atoms with Crippen molar-refractivity contribution in [2.75, 3.05) is 0 Å². The van der Waals surface area contributed by atoms with Crippen molar-refractivity contribution in [1.82, 2.24) is 0 Å². The van der Waals surface area contributed by atoms with Crippen molar-refractivity contribution in [3.05, 3.63) is 69.3 Å². The molecule has 1 aliphatic rings. The summed E-state index contributed by atoms with van der Waals surface area (Å²) < 4.78 is 29.1. The molecule has 25 heavy (non-hydrogen) atoms. The Kier molecular flexibility index (Phi) is 4.15. The Bertz CT molecular complexity index is 904. The second kappa shape index (κ2) is 6.03. The van der Waals surface area contributed by atoms with Crippen LogP contribution in [0.25, 0.3) is 0 Å². The first-order chi connectivity index (χ1) is 11.8. The Morgan fingerprint density at radius 3 is 2.40 bits per heavy atom. The Balaban J connectivity index is 2.14. The minimum Gasteiger partial charge on any atom is -0.388 e. The van der Waals surface area contributed by atoms with Gasteiger partial charge in [-0.3, -0.25) is 4.79 Å². The molecule has 0 aliphatic heterocycles. The molecule has 2 aromatic carbocycles. The Hall–Kier alpha value is -2.62. The van der Waals surface area contributed by atoms with Crippen LogP contribution in [0.5, 0.6) is 0 Å². The fourth-order valence-corrected chi connectivity index (χ4v) is 3.42. The number of hydrogen-bond acceptors (Lipinski definition) is 4. The number of ketones is 1. The summed E-state index contributed by atoms with van der Waals surface area (Å²) >= 11 is 0. The highest BCUT2D eigenvalue weighted by atomic mass is 19.1. The van der Waals surface area contributed by atoms with Gasteiger partial charge in [0.25, 0.3) is 0 Å². The van der Waals surface area contributed by atoms with E-state index in [1.54, 1.807) is 24.3 Å². The first-order valence-electron chi connectivity index (χ1n) is 7.68. The molecule has 0 saturated carbocycles. The molecule has 0 heterocycles. The van der Waals surface area contributed by atoms with Crippen LogP contribution in [-0.2, 0) is 0 Å². The van der Waals surface area contributed by atoms with Crippen LogP contribution in [-0.4, -0.2) is 16.0 Å². The molecular weight excluding hydrogens is 328 g/mol. The first kappa shape index (κ1) is 17.2. The molecule has 0 bridgehead atoms. The molecule has 1 aliphatic carbocycles. The summed E-state index contributed by atoms with van der Waals surface area (Å²) in [6.45, 7) is 2.46. The summed E-state index contributed by atoms with van der Waals surface area (Å²) in [5.74, 6) is -3.75. The minimum absolute atomic E-state index is 0.239. The van der Waals surface area contributed by atoms with E-state index in [0.29, 0.717) is 5.56 Å². The molecule has 0 saturated heterocycles. The second-order valence-corrected chi connectivity index (χ2v) is 6.15. The van der Waals surface area contributed by atoms with Crippen molar-refractivity contribution >= 4 is 5.78 Å². The van der Waals surface area contributed by atoms with E-state index in [4.69, 9.17) is 5.26 Å². The predicted molar refractivity (Wildman–Crippen MR) is 84.7 cm³/mol. The number of aliphatic hydroxyl groups excluding tert-OH is 2. The molecule has 6 heteroatoms. The molecule has 0 aromatic heterocycles. The monoisotopic (exact) mass is 343 g/mol. The number of Topliss-reactive ketones (excluding diaryl/α,β-unsaturated/α-hetero) is 1. The van der Waals surface area contributed by atoms with Crippen LogP contribution in [0, 0.1) is 42.7 Å². The van der Waals surface area contributed by atoms with Gasteiger partial charge in [0.2, 0.25) is 0 Å². The van der Waals surface area contributed by atoms with Gasteiger partial charge in [-0.2, -0.15) is 5.26 Å². The number of fused-ring (bicyclic) bond motifs is 1. The maximum Gasteiger partial charge on any atom is 0.172 e. The summed E-state index contributed by atoms with van der Waals surface area (Å²) in [7, 11) is 0. The van der Waals surface area contributed by atoms with Crippen molar-refractivity contribution < 1.29 is 23.8 Å². The van der Waals surface area contributed by atoms with E-state index in [9.17, 15) is 23.8 Å². The standard InChI is InChI=1S/C19H15F2NO3/c1-8-12(7-22)15(20)9(2)13(16(8)21)19(25)14-17(23)10-5-3-4-6-11(10)18(14)24/h3-6,14,17,19,23,25H,1-2H3. The highest BCUT2D eigenvalue weighted by molar-refractivity contribution is 6.03. The number of carbonyl (C=O) groups excluding carboxylic acids is 1. The largest absolute Gasteiger partial charge is 0.388 e. The SMILES string of the molecule is Cc1c(F)c(C(O)C2C(=O)c3ccccc3C2O)c(C)c(F)c1C#N. The molecule has 0 spiro atoms. The number of carbonyl (C=O) groups is 1. The molecule has 3 unspecified atom stereocenters. The van der Waals surface area contributed by atoms with Crippen molar-refractivity contribution in [2.45, 2.75) is 26.1 Å². The van der Waals surface area contributed by atoms with Crippen LogP contribution in [0.2, 0.25) is 0 Å². The van der Waals surface area contributed by atoms with E-state index in [0.717, 1.165) is 0 Å². The Morgan fingerprint density at radius 2 is 1.80 bits per heavy atom. The van der Waals surface area contributed by atoms with E-state index >= 15 is 0 Å². The number of halogens is 2. The van der Waals surface area contributed by atoms with Crippen LogP contribution in [0.15, 0.2) is 24.3 Å². The average molecular weight is 343 g/mol. The van der Waals surface area contributed by atoms with Gasteiger partial charge in [-0.25, -0.2) is 8.78 Å². The maximum atomic E-state index is 14.7. The summed E-state index contributed by atoms with van der Waals surface area (Å²) in [6, 6.07) is 7.93. The van der Waals surface area contributed by atoms with Crippen LogP contribution in [0.3, 0.4) is 0 Å². The zero-order valence-corrected chi connectivity index (χ0v) is 13.5. The van der Waals surface area contributed by atoms with Gasteiger partial charge >= 0.3 is 0 Å². The topological polar surface area (TPSA) is 81.3 Å². The van der Waals surface area contributed by atoms with Gasteiger partial charge in [-0.1, -0.05) is 24.3 Å². The van der Waals surface area contributed by atoms with Crippen LogP contribution >= 0.6 is 0 Å². The zero-order valence-electron chi connectivity index (χ0n) is 13.5. The van der Waals surface area contributed by atoms with E-state index in [-0.39, 0.29) is 16.7 Å². The number of nitrogens with zero attached hydrogens (tertiary/aromatic N) is 1. The summed E-state index contributed by atoms with van der Waals surface area (Å²) in [5.41, 5.74) is -0.727. The minimum atomic E-state index is -1.74. The van der Waals surface area contributed by atoms with Crippen LogP contribution in [0.4, 0.5) is 8.78 Å². The van der Waals surface area contributed by atoms with Crippen molar-refractivity contribution in [3.63, 3.8) is 0 Å². The lowest BCUT2D eigenvalue weighted by atomic mass is 9.86. The normalized spacial score (nSPS) is 20.3. The lowest BCUT2D eigenvalue weighted by Gasteiger charge is -2.24. The smallest absolute Gasteiger partial charge is 0.172 e. The molecule has 2 aromatic rings. The average Bonchev–Trinajstić information content (AvgIpc) is 2.85. The third-order valence-corrected chi connectivity index (χ3v) is 4.83. The lowest BCUT2D eigenvalue weighted by Crippen LogP contribution is -2.25. The van der Waals surface area contributed by atoms with Crippen molar-refractivity contribution in [3.8, 4) is 6.07 Å². The van der Waals surface area contributed by atoms with Crippen LogP contribution in [0.1, 0.15) is 50.4 Å². The first-order valence-corrected chi connectivity index (χ1v) is 7.68. The highest BCUT2D eigenvalue weighted by Gasteiger charge is 2.45. The van der Waals surface area contributed by atoms with Gasteiger partial charge in [-0.15, -0.1) is 0 Å². The van der Waals surface area contributed by atoms with Gasteiger partial charge in [0.15, 0.2) is 5.78 Å². The Labute approximate surface area is 143 Å². The zero-order chi connectivity index (χ0) is 18.5. The molecule has 0 radical (unpaired) electrons. The molecule has 3 rings (SSSR count). The fourth-order valence-electron chi connectivity index (χ4n) is 3.42. The molecular formula is C19H15F2NO3. The summed E-state index contributed by atoms with van der Waals surface area (Å²) in [6.07, 6.45) is -3.06. The summed E-state index contributed by atoms with van der Waals surface area (Å²) in [5, 5.41) is 30.0. The molecule has 2 N–H and O–H groups in total. The molecule has 4 nitrogen and oxygen atoms in total. The third-order valence-electron chi connectivity index (χ3n) is 4.83. The van der Waals surface area contributed by atoms with E-state index in [1.165, 1.54) is 19.9 Å². The number of nitriles is 1. The number of aliphatic hydroxyl groups is 2. The number of rotatable bonds is 2. The second-order valence-electron chi connectivity index (χ2n) is 6.15. The predicted octanol–water partition coefficient (Wildman–Crippen LogP) is 3.03. The van der Waals surface area contributed by atoms with E-state index in [1.807, 2.05) is 0 Å². The number of hydrogen-bond donors (Lipinski definition) is 2. The van der Waals surface area contributed by atoms with Gasteiger partial charge < -0.3 is 10.2 Å². The van der Waals surface area contributed by atoms with E-state index in [2.05, 4.69) is 0 Å². The van der Waals surface area contributed by atoms with Crippen molar-refractivity contribution in [2.24, 2.45) is 5.92 Å². The van der Waals surface area contributed by atoms with Gasteiger partial charge in [-0.05, 0) is 25.0 Å². The fraction of sp³-hybridized carbons (Fsp3) is 0.263. The lowest BCUT2D eigenvalue weighted by molar-refractivity contribution is 0.0207. The van der Waals surface area contributed by atoms with Crippen molar-refractivity contribution in [1.29, 1.82) is 5.26 Å². The third kappa shape index (κ3) is 2.36. The molecule has 0 fully saturated rings. The quantitative estimate of drug-likeness (QED) is 0.878. The molecule has 128 valence electrons. The summed E-state index contributed by atoms with van der Waals surface area (Å²) in [4.78, 5) is 12.5. The van der Waals surface area contributed by atoms with E-state index < -0.39 is 46.7 Å². The van der Waals surface area contributed by atoms with Gasteiger partial charge in [0.05, 0.1) is 23.7 Å². The van der Waals surface area contributed by atoms with Crippen LogP contribution < -0.4 is 0 Å². The van der Waals surface area contributed by atoms with Gasteiger partial charge in [0.1, 0.15) is 17.7 Å². The number of benzene rings is 2. The molecule has 3 atom stereocenters. The Morgan fingerprint density at radius 1 is 1.16 bits per heavy atom. The maximum absolute atomic E-state index is 14.7. The highest BCUT2D eigenvalue weighted by Crippen LogP contribution is 2.44. The molecule has 0 amide bonds.